The molecule has 0 spiro atoms. The fourth-order valence-electron chi connectivity index (χ4n) is 0.624. The van der Waals surface area contributed by atoms with Crippen LogP contribution in [0.2, 0.25) is 0 Å². The Morgan fingerprint density at radius 3 is 3.00 bits per heavy atom. The Morgan fingerprint density at radius 1 is 1.75 bits per heavy atom. The van der Waals surface area contributed by atoms with Gasteiger partial charge in [-0.05, 0) is 12.1 Å². The highest BCUT2D eigenvalue weighted by Gasteiger charge is 2.09. The van der Waals surface area contributed by atoms with Crippen molar-refractivity contribution >= 4 is 11.9 Å². The molecule has 0 bridgehead atoms. The van der Waals surface area contributed by atoms with Gasteiger partial charge < -0.3 is 9.15 Å². The zero-order chi connectivity index (χ0) is 8.97. The van der Waals surface area contributed by atoms with E-state index in [2.05, 4.69) is 10.1 Å². The van der Waals surface area contributed by atoms with Crippen LogP contribution in [0.15, 0.2) is 22.8 Å². The molecule has 0 saturated heterocycles. The van der Waals surface area contributed by atoms with E-state index in [4.69, 9.17) is 9.83 Å². The topological polar surface area (TPSA) is 75.3 Å². The van der Waals surface area contributed by atoms with E-state index in [1.807, 2.05) is 0 Å². The summed E-state index contributed by atoms with van der Waals surface area (Å²) in [5.74, 6) is -0.344. The fourth-order valence-corrected chi connectivity index (χ4v) is 0.624. The van der Waals surface area contributed by atoms with Crippen LogP contribution in [-0.2, 0) is 4.74 Å². The van der Waals surface area contributed by atoms with Crippen LogP contribution in [0.5, 0.6) is 0 Å². The van der Waals surface area contributed by atoms with Crippen molar-refractivity contribution < 1.29 is 13.9 Å². The van der Waals surface area contributed by atoms with Crippen molar-refractivity contribution in [3.63, 3.8) is 0 Å². The van der Waals surface area contributed by atoms with Crippen LogP contribution in [0.3, 0.4) is 0 Å². The lowest BCUT2D eigenvalue weighted by Crippen LogP contribution is -2.30. The van der Waals surface area contributed by atoms with Gasteiger partial charge in [0.15, 0.2) is 5.76 Å². The summed E-state index contributed by atoms with van der Waals surface area (Å²) in [5, 5.41) is 9.13. The first-order chi connectivity index (χ1) is 5.74. The first-order valence-electron chi connectivity index (χ1n) is 3.21. The van der Waals surface area contributed by atoms with Crippen LogP contribution in [0.25, 0.3) is 0 Å². The van der Waals surface area contributed by atoms with E-state index in [1.165, 1.54) is 19.4 Å². The molecule has 1 aromatic heterocycles. The Bertz CT molecular complexity index is 279. The molecule has 5 nitrogen and oxygen atoms in total. The van der Waals surface area contributed by atoms with Crippen molar-refractivity contribution in [2.45, 2.75) is 0 Å². The number of nitrogens with one attached hydrogen (secondary N) is 2. The van der Waals surface area contributed by atoms with Gasteiger partial charge in [-0.25, -0.2) is 0 Å². The van der Waals surface area contributed by atoms with Crippen LogP contribution in [0.1, 0.15) is 10.6 Å². The highest BCUT2D eigenvalue weighted by molar-refractivity contribution is 6.01. The zero-order valence-electron chi connectivity index (χ0n) is 6.46. The van der Waals surface area contributed by atoms with Crippen molar-refractivity contribution in [1.82, 2.24) is 5.32 Å². The van der Waals surface area contributed by atoms with E-state index in [1.54, 1.807) is 6.07 Å². The molecule has 1 rings (SSSR count). The Morgan fingerprint density at radius 2 is 2.50 bits per heavy atom. The second-order valence-electron chi connectivity index (χ2n) is 1.96. The van der Waals surface area contributed by atoms with Crippen LogP contribution in [0, 0.1) is 5.41 Å². The summed E-state index contributed by atoms with van der Waals surface area (Å²) in [6.07, 6.45) is 1.38. The summed E-state index contributed by atoms with van der Waals surface area (Å²) < 4.78 is 9.20. The lowest BCUT2D eigenvalue weighted by molar-refractivity contribution is 0.0941. The maximum atomic E-state index is 11.0. The molecule has 0 unspecified atom stereocenters. The second kappa shape index (κ2) is 3.56. The van der Waals surface area contributed by atoms with Crippen molar-refractivity contribution in [1.29, 1.82) is 5.41 Å². The van der Waals surface area contributed by atoms with E-state index in [0.29, 0.717) is 0 Å². The smallest absolute Gasteiger partial charge is 0.294 e. The average molecular weight is 168 g/mol. The van der Waals surface area contributed by atoms with Gasteiger partial charge in [0.25, 0.3) is 11.9 Å². The Labute approximate surface area is 68.8 Å². The summed E-state index contributed by atoms with van der Waals surface area (Å²) in [4.78, 5) is 11.0. The predicted molar refractivity (Wildman–Crippen MR) is 40.9 cm³/mol. The lowest BCUT2D eigenvalue weighted by Gasteiger charge is -2.01. The van der Waals surface area contributed by atoms with Gasteiger partial charge in [-0.2, -0.15) is 0 Å². The number of ether oxygens (including phenoxy) is 1. The monoisotopic (exact) mass is 168 g/mol. The number of hydrogen-bond donors (Lipinski definition) is 2. The van der Waals surface area contributed by atoms with E-state index in [9.17, 15) is 4.79 Å². The van der Waals surface area contributed by atoms with Gasteiger partial charge in [-0.3, -0.25) is 15.5 Å². The maximum Gasteiger partial charge on any atom is 0.294 e. The second-order valence-corrected chi connectivity index (χ2v) is 1.96. The molecule has 1 aromatic rings. The Hall–Kier alpha value is -1.78. The van der Waals surface area contributed by atoms with E-state index in [-0.39, 0.29) is 11.8 Å². The largest absolute Gasteiger partial charge is 0.468 e. The number of hydrogen-bond acceptors (Lipinski definition) is 4. The number of rotatable bonds is 1. The van der Waals surface area contributed by atoms with E-state index in [0.717, 1.165) is 0 Å². The summed E-state index contributed by atoms with van der Waals surface area (Å²) in [5.41, 5.74) is 0. The fraction of sp³-hybridized carbons (Fsp3) is 0.143. The Kier molecular flexibility index (Phi) is 2.47. The van der Waals surface area contributed by atoms with Crippen LogP contribution in [-0.4, -0.2) is 19.0 Å². The molecule has 0 aliphatic heterocycles. The molecule has 5 heteroatoms. The van der Waals surface area contributed by atoms with Crippen LogP contribution >= 0.6 is 0 Å². The first-order valence-corrected chi connectivity index (χ1v) is 3.21. The van der Waals surface area contributed by atoms with Gasteiger partial charge in [-0.15, -0.1) is 0 Å². The molecule has 0 fully saturated rings. The van der Waals surface area contributed by atoms with Gasteiger partial charge >= 0.3 is 0 Å². The third-order valence-electron chi connectivity index (χ3n) is 1.18. The number of carbonyl (C=O) groups is 1. The molecule has 0 aliphatic rings. The molecule has 0 aromatic carbocycles. The maximum absolute atomic E-state index is 11.0. The number of amides is 1. The minimum atomic E-state index is -0.494. The molecule has 0 radical (unpaired) electrons. The third kappa shape index (κ3) is 1.85. The lowest BCUT2D eigenvalue weighted by atomic mass is 10.4. The standard InChI is InChI=1S/C7H8N2O3/c1-11-7(8)9-6(10)5-3-2-4-12-5/h2-4H,1H3,(H2,8,9,10). The molecular weight excluding hydrogens is 160 g/mol. The summed E-state index contributed by atoms with van der Waals surface area (Å²) in [6, 6.07) is 2.78. The Balaban J connectivity index is 2.56. The van der Waals surface area contributed by atoms with Crippen molar-refractivity contribution in [3.05, 3.63) is 24.2 Å². The van der Waals surface area contributed by atoms with Gasteiger partial charge in [-0.1, -0.05) is 0 Å². The van der Waals surface area contributed by atoms with Crippen LogP contribution in [0.4, 0.5) is 0 Å². The summed E-state index contributed by atoms with van der Waals surface area (Å²) in [6.45, 7) is 0. The molecule has 1 heterocycles. The molecule has 64 valence electrons. The molecular formula is C7H8N2O3. The van der Waals surface area contributed by atoms with Gasteiger partial charge in [0.05, 0.1) is 13.4 Å². The average Bonchev–Trinajstić information content (AvgIpc) is 2.56. The number of carbonyl (C=O) groups excluding carboxylic acids is 1. The quantitative estimate of drug-likeness (QED) is 0.476. The number of methoxy groups -OCH3 is 1. The SMILES string of the molecule is COC(=N)NC(=O)c1ccco1. The summed E-state index contributed by atoms with van der Waals surface area (Å²) >= 11 is 0. The molecule has 0 atom stereocenters. The van der Waals surface area contributed by atoms with E-state index >= 15 is 0 Å². The predicted octanol–water partition coefficient (Wildman–Crippen LogP) is 0.591. The highest BCUT2D eigenvalue weighted by Crippen LogP contribution is 1.98. The summed E-state index contributed by atoms with van der Waals surface area (Å²) in [7, 11) is 1.30. The normalized spacial score (nSPS) is 9.08. The molecule has 12 heavy (non-hydrogen) atoms. The third-order valence-corrected chi connectivity index (χ3v) is 1.18. The van der Waals surface area contributed by atoms with Crippen molar-refractivity contribution in [2.24, 2.45) is 0 Å². The van der Waals surface area contributed by atoms with E-state index < -0.39 is 5.91 Å². The molecule has 2 N–H and O–H groups in total. The number of furan rings is 1. The van der Waals surface area contributed by atoms with Gasteiger partial charge in [0.1, 0.15) is 0 Å². The number of amidine groups is 1. The minimum absolute atomic E-state index is 0.150. The van der Waals surface area contributed by atoms with Crippen LogP contribution < -0.4 is 5.32 Å². The minimum Gasteiger partial charge on any atom is -0.468 e. The van der Waals surface area contributed by atoms with Gasteiger partial charge in [0.2, 0.25) is 0 Å². The molecule has 0 saturated carbocycles. The van der Waals surface area contributed by atoms with Crippen molar-refractivity contribution in [3.8, 4) is 0 Å². The highest BCUT2D eigenvalue weighted by atomic mass is 16.5. The molecule has 1 amide bonds. The molecule has 0 aliphatic carbocycles. The van der Waals surface area contributed by atoms with Crippen molar-refractivity contribution in [2.75, 3.05) is 7.11 Å². The zero-order valence-corrected chi connectivity index (χ0v) is 6.46. The van der Waals surface area contributed by atoms with Gasteiger partial charge in [0, 0.05) is 0 Å². The first kappa shape index (κ1) is 8.32.